The Morgan fingerprint density at radius 1 is 0.605 bits per heavy atom. The maximum Gasteiger partial charge on any atom is 0.198 e. The van der Waals surface area contributed by atoms with E-state index >= 15 is 0 Å². The molecule has 38 heavy (non-hydrogen) atoms. The summed E-state index contributed by atoms with van der Waals surface area (Å²) in [5.74, 6) is -0.581. The molecule has 5 aromatic carbocycles. The second-order valence-corrected chi connectivity index (χ2v) is 9.19. The number of phenolic OH excluding ortho intramolecular Hbond substituents is 1. The molecule has 5 aromatic rings. The maximum absolute atomic E-state index is 13.2. The molecule has 0 fully saturated rings. The molecule has 5 heteroatoms. The van der Waals surface area contributed by atoms with Crippen molar-refractivity contribution in [1.82, 2.24) is 0 Å². The van der Waals surface area contributed by atoms with E-state index in [2.05, 4.69) is 24.3 Å². The predicted molar refractivity (Wildman–Crippen MR) is 146 cm³/mol. The third-order valence-electron chi connectivity index (χ3n) is 6.89. The van der Waals surface area contributed by atoms with E-state index in [4.69, 9.17) is 10.5 Å². The number of carbonyl (C=O) groups excluding carboxylic acids is 2. The number of anilines is 1. The van der Waals surface area contributed by atoms with Gasteiger partial charge in [0.05, 0.1) is 16.8 Å². The highest BCUT2D eigenvalue weighted by Crippen LogP contribution is 2.43. The fraction of sp³-hybridized carbons (Fsp3) is 0.0303. The largest absolute Gasteiger partial charge is 0.507 e. The van der Waals surface area contributed by atoms with Crippen LogP contribution in [0.4, 0.5) is 5.69 Å². The van der Waals surface area contributed by atoms with E-state index in [0.717, 1.165) is 5.56 Å². The molecule has 0 saturated carbocycles. The van der Waals surface area contributed by atoms with Gasteiger partial charge < -0.3 is 15.6 Å². The first-order valence-electron chi connectivity index (χ1n) is 12.2. The Bertz CT molecular complexity index is 1640. The zero-order valence-corrected chi connectivity index (χ0v) is 20.3. The van der Waals surface area contributed by atoms with E-state index in [1.807, 2.05) is 60.7 Å². The van der Waals surface area contributed by atoms with E-state index in [0.29, 0.717) is 5.75 Å². The normalized spacial score (nSPS) is 12.2. The predicted octanol–water partition coefficient (Wildman–Crippen LogP) is 6.72. The molecule has 1 aliphatic rings. The zero-order chi connectivity index (χ0) is 26.2. The number of aromatic hydroxyl groups is 1. The number of phenols is 1. The van der Waals surface area contributed by atoms with Gasteiger partial charge in [-0.05, 0) is 28.8 Å². The lowest BCUT2D eigenvalue weighted by molar-refractivity contribution is 0.0977. The lowest BCUT2D eigenvalue weighted by Gasteiger charge is -2.22. The van der Waals surface area contributed by atoms with Crippen LogP contribution in [-0.2, 0) is 0 Å². The lowest BCUT2D eigenvalue weighted by Crippen LogP contribution is -2.22. The molecule has 0 aliphatic heterocycles. The van der Waals surface area contributed by atoms with Crippen LogP contribution in [0.15, 0.2) is 115 Å². The van der Waals surface area contributed by atoms with Crippen LogP contribution in [0.2, 0.25) is 0 Å². The first-order chi connectivity index (χ1) is 18.5. The molecule has 1 aliphatic carbocycles. The number of fused-ring (bicyclic) bond motifs is 2. The molecule has 5 nitrogen and oxygen atoms in total. The molecule has 0 spiro atoms. The van der Waals surface area contributed by atoms with Gasteiger partial charge >= 0.3 is 0 Å². The minimum atomic E-state index is -0.442. The van der Waals surface area contributed by atoms with Gasteiger partial charge in [0.1, 0.15) is 11.5 Å². The zero-order valence-electron chi connectivity index (χ0n) is 20.3. The van der Waals surface area contributed by atoms with Gasteiger partial charge in [0.2, 0.25) is 0 Å². The molecular formula is C33H23NO4. The molecule has 0 bridgehead atoms. The standard InChI is InChI=1S/C33H23NO4/c34-31-27(19-26(35)29-30(31)33(37)25-14-8-7-13-24(25)32(29)36)38-23-17-15-22(16-18-23)28(20-9-3-1-4-10-20)21-11-5-2-6-12-21/h1-19,28,35H,34H2. The monoisotopic (exact) mass is 497 g/mol. The van der Waals surface area contributed by atoms with Crippen LogP contribution in [0.25, 0.3) is 0 Å². The Morgan fingerprint density at radius 3 is 1.63 bits per heavy atom. The first-order valence-corrected chi connectivity index (χ1v) is 12.2. The first kappa shape index (κ1) is 23.3. The Morgan fingerprint density at radius 2 is 1.08 bits per heavy atom. The van der Waals surface area contributed by atoms with E-state index < -0.39 is 11.6 Å². The summed E-state index contributed by atoms with van der Waals surface area (Å²) in [4.78, 5) is 26.2. The van der Waals surface area contributed by atoms with Crippen molar-refractivity contribution in [3.63, 3.8) is 0 Å². The third-order valence-corrected chi connectivity index (χ3v) is 6.89. The van der Waals surface area contributed by atoms with E-state index in [1.54, 1.807) is 24.3 Å². The third kappa shape index (κ3) is 3.91. The summed E-state index contributed by atoms with van der Waals surface area (Å²) in [5.41, 5.74) is 10.1. The molecule has 0 heterocycles. The van der Waals surface area contributed by atoms with Gasteiger partial charge in [0.15, 0.2) is 17.3 Å². The topological polar surface area (TPSA) is 89.6 Å². The summed E-state index contributed by atoms with van der Waals surface area (Å²) in [6.07, 6.45) is 0. The summed E-state index contributed by atoms with van der Waals surface area (Å²) < 4.78 is 6.03. The molecule has 0 atom stereocenters. The molecule has 0 amide bonds. The number of carbonyl (C=O) groups is 2. The van der Waals surface area contributed by atoms with E-state index in [9.17, 15) is 14.7 Å². The van der Waals surface area contributed by atoms with Crippen LogP contribution >= 0.6 is 0 Å². The second kappa shape index (κ2) is 9.37. The van der Waals surface area contributed by atoms with Crippen LogP contribution in [0.1, 0.15) is 54.5 Å². The molecule has 0 saturated heterocycles. The van der Waals surface area contributed by atoms with Gasteiger partial charge in [-0.15, -0.1) is 0 Å². The highest BCUT2D eigenvalue weighted by Gasteiger charge is 2.35. The van der Waals surface area contributed by atoms with Gasteiger partial charge in [-0.3, -0.25) is 9.59 Å². The summed E-state index contributed by atoms with van der Waals surface area (Å²) in [6.45, 7) is 0. The molecule has 184 valence electrons. The number of nitrogens with two attached hydrogens (primary N) is 1. The molecule has 6 rings (SSSR count). The fourth-order valence-corrected chi connectivity index (χ4v) is 5.08. The van der Waals surface area contributed by atoms with E-state index in [-0.39, 0.29) is 45.4 Å². The number of nitrogen functional groups attached to an aromatic ring is 1. The molecule has 3 N–H and O–H groups in total. The van der Waals surface area contributed by atoms with Crippen LogP contribution < -0.4 is 10.5 Å². The van der Waals surface area contributed by atoms with Crippen molar-refractivity contribution in [2.75, 3.05) is 5.73 Å². The summed E-state index contributed by atoms with van der Waals surface area (Å²) in [6, 6.07) is 35.9. The van der Waals surface area contributed by atoms with Crippen molar-refractivity contribution in [2.45, 2.75) is 5.92 Å². The van der Waals surface area contributed by atoms with Crippen molar-refractivity contribution in [1.29, 1.82) is 0 Å². The number of hydrogen-bond acceptors (Lipinski definition) is 5. The summed E-state index contributed by atoms with van der Waals surface area (Å²) in [5, 5.41) is 10.7. The van der Waals surface area contributed by atoms with Gasteiger partial charge in [-0.25, -0.2) is 0 Å². The Hall–Kier alpha value is -5.16. The van der Waals surface area contributed by atoms with Crippen LogP contribution in [0.5, 0.6) is 17.2 Å². The number of hydrogen-bond donors (Lipinski definition) is 2. The van der Waals surface area contributed by atoms with Crippen molar-refractivity contribution < 1.29 is 19.4 Å². The Kier molecular flexibility index (Phi) is 5.74. The van der Waals surface area contributed by atoms with Gasteiger partial charge in [-0.1, -0.05) is 97.1 Å². The number of rotatable bonds is 5. The van der Waals surface area contributed by atoms with Crippen molar-refractivity contribution in [2.24, 2.45) is 0 Å². The molecular weight excluding hydrogens is 474 g/mol. The highest BCUT2D eigenvalue weighted by atomic mass is 16.5. The van der Waals surface area contributed by atoms with E-state index in [1.165, 1.54) is 17.2 Å². The minimum Gasteiger partial charge on any atom is -0.507 e. The maximum atomic E-state index is 13.2. The van der Waals surface area contributed by atoms with Crippen LogP contribution in [-0.4, -0.2) is 16.7 Å². The molecule has 0 radical (unpaired) electrons. The molecule has 0 aromatic heterocycles. The number of ketones is 2. The highest BCUT2D eigenvalue weighted by molar-refractivity contribution is 6.31. The van der Waals surface area contributed by atoms with Gasteiger partial charge in [0.25, 0.3) is 0 Å². The number of benzene rings is 5. The summed E-state index contributed by atoms with van der Waals surface area (Å²) in [7, 11) is 0. The smallest absolute Gasteiger partial charge is 0.198 e. The van der Waals surface area contributed by atoms with Crippen molar-refractivity contribution in [3.05, 3.63) is 154 Å². The van der Waals surface area contributed by atoms with Crippen LogP contribution in [0, 0.1) is 0 Å². The Balaban J connectivity index is 1.35. The fourth-order valence-electron chi connectivity index (χ4n) is 5.08. The average Bonchev–Trinajstić information content (AvgIpc) is 2.96. The summed E-state index contributed by atoms with van der Waals surface area (Å²) >= 11 is 0. The quantitative estimate of drug-likeness (QED) is 0.157. The average molecular weight is 498 g/mol. The SMILES string of the molecule is Nc1c(Oc2ccc(C(c3ccccc3)c3ccccc3)cc2)cc(O)c2c1C(=O)c1ccccc1C2=O. The Labute approximate surface area is 219 Å². The van der Waals surface area contributed by atoms with Crippen LogP contribution in [0.3, 0.4) is 0 Å². The van der Waals surface area contributed by atoms with Gasteiger partial charge in [-0.2, -0.15) is 0 Å². The van der Waals surface area contributed by atoms with Crippen molar-refractivity contribution in [3.8, 4) is 17.2 Å². The van der Waals surface area contributed by atoms with Crippen molar-refractivity contribution >= 4 is 17.3 Å². The second-order valence-electron chi connectivity index (χ2n) is 9.19. The lowest BCUT2D eigenvalue weighted by atomic mass is 9.82. The minimum absolute atomic E-state index is 0.0150. The number of ether oxygens (including phenoxy) is 1. The molecule has 0 unspecified atom stereocenters. The van der Waals surface area contributed by atoms with Gasteiger partial charge in [0, 0.05) is 23.1 Å².